The van der Waals surface area contributed by atoms with Crippen molar-refractivity contribution < 1.29 is 4.42 Å². The fourth-order valence-electron chi connectivity index (χ4n) is 13.5. The largest absolute Gasteiger partial charge is 0.454 e. The molecule has 1 saturated carbocycles. The molecule has 0 N–H and O–H groups in total. The van der Waals surface area contributed by atoms with Crippen LogP contribution in [-0.4, -0.2) is 12.3 Å². The molecule has 10 aromatic rings. The molecule has 2 aromatic heterocycles. The summed E-state index contributed by atoms with van der Waals surface area (Å²) in [6.07, 6.45) is 4.75. The van der Waals surface area contributed by atoms with Gasteiger partial charge in [0.05, 0.1) is 21.6 Å². The number of anilines is 8. The van der Waals surface area contributed by atoms with Crippen LogP contribution in [-0.2, 0) is 16.2 Å². The Morgan fingerprint density at radius 1 is 0.514 bits per heavy atom. The molecule has 1 aliphatic carbocycles. The maximum atomic E-state index is 7.03. The summed E-state index contributed by atoms with van der Waals surface area (Å²) in [6, 6.07) is 60.5. The normalized spacial score (nSPS) is 19.5. The standard InChI is InChI=1S/C64H58BN3OS/c1-61(2,3)39-29-31-50-47(35-39)65-48-36-40(62(4,5)6)30-32-51(48)67(53-26-18-22-45-43-20-10-14-28-57(43)70-60(45)53)55-38-41(68-49-24-12-11-23-46(49)63(7)33-15-16-34-64(63,68)8)37-54(58(55)65)66(50)52-25-17-21-44-42-19-9-13-27-56(42)69-59(44)52/h9-14,17-32,35-38H,15-16,33-34H2,1-8H3. The molecule has 4 nitrogen and oxygen atoms in total. The van der Waals surface area contributed by atoms with E-state index >= 15 is 0 Å². The van der Waals surface area contributed by atoms with Gasteiger partial charge in [0, 0.05) is 65.8 Å². The molecule has 4 aliphatic rings. The third-order valence-corrected chi connectivity index (χ3v) is 18.5. The van der Waals surface area contributed by atoms with Gasteiger partial charge in [0.1, 0.15) is 5.58 Å². The van der Waals surface area contributed by atoms with Gasteiger partial charge in [0.15, 0.2) is 5.58 Å². The number of nitrogens with zero attached hydrogens (tertiary/aromatic N) is 3. The van der Waals surface area contributed by atoms with Crippen LogP contribution in [0.5, 0.6) is 0 Å². The zero-order chi connectivity index (χ0) is 47.6. The van der Waals surface area contributed by atoms with Gasteiger partial charge in [-0.25, -0.2) is 0 Å². The molecule has 0 spiro atoms. The third-order valence-electron chi connectivity index (χ3n) is 17.3. The first-order chi connectivity index (χ1) is 33.7. The van der Waals surface area contributed by atoms with Crippen molar-refractivity contribution in [2.24, 2.45) is 0 Å². The number of fused-ring (bicyclic) bond motifs is 13. The Kier molecular flexibility index (Phi) is 8.68. The highest BCUT2D eigenvalue weighted by molar-refractivity contribution is 7.26. The highest BCUT2D eigenvalue weighted by Gasteiger charge is 2.58. The monoisotopic (exact) mass is 927 g/mol. The lowest BCUT2D eigenvalue weighted by molar-refractivity contribution is 0.195. The lowest BCUT2D eigenvalue weighted by Gasteiger charge is -2.51. The van der Waals surface area contributed by atoms with E-state index < -0.39 is 0 Å². The summed E-state index contributed by atoms with van der Waals surface area (Å²) in [5, 5.41) is 4.88. The Balaban J connectivity index is 1.15. The second-order valence-electron chi connectivity index (χ2n) is 23.2. The average molecular weight is 928 g/mol. The van der Waals surface area contributed by atoms with Crippen LogP contribution >= 0.6 is 11.3 Å². The number of hydrogen-bond acceptors (Lipinski definition) is 5. The number of furan rings is 1. The van der Waals surface area contributed by atoms with Crippen LogP contribution in [0.15, 0.2) is 162 Å². The molecule has 2 unspecified atom stereocenters. The first-order valence-electron chi connectivity index (χ1n) is 25.5. The molecule has 5 heterocycles. The number of benzene rings is 8. The van der Waals surface area contributed by atoms with Crippen LogP contribution in [0.2, 0.25) is 0 Å². The topological polar surface area (TPSA) is 22.9 Å². The van der Waals surface area contributed by atoms with E-state index in [9.17, 15) is 0 Å². The van der Waals surface area contributed by atoms with Crippen LogP contribution in [0.1, 0.15) is 97.8 Å². The first kappa shape index (κ1) is 42.2. The molecule has 8 aromatic carbocycles. The maximum Gasteiger partial charge on any atom is 0.252 e. The quantitative estimate of drug-likeness (QED) is 0.165. The van der Waals surface area contributed by atoms with Crippen molar-refractivity contribution in [1.82, 2.24) is 0 Å². The summed E-state index contributed by atoms with van der Waals surface area (Å²) in [5.41, 5.74) is 19.4. The summed E-state index contributed by atoms with van der Waals surface area (Å²) >= 11 is 1.92. The van der Waals surface area contributed by atoms with Gasteiger partial charge in [-0.2, -0.15) is 0 Å². The van der Waals surface area contributed by atoms with Gasteiger partial charge in [0.25, 0.3) is 6.71 Å². The van der Waals surface area contributed by atoms with E-state index in [1.165, 1.54) is 112 Å². The summed E-state index contributed by atoms with van der Waals surface area (Å²) in [5.74, 6) is 0. The van der Waals surface area contributed by atoms with Crippen molar-refractivity contribution in [3.8, 4) is 0 Å². The first-order valence-corrected chi connectivity index (χ1v) is 26.3. The van der Waals surface area contributed by atoms with Crippen LogP contribution in [0, 0.1) is 0 Å². The summed E-state index contributed by atoms with van der Waals surface area (Å²) in [6.45, 7) is 19.2. The predicted octanol–water partition coefficient (Wildman–Crippen LogP) is 16.4. The maximum absolute atomic E-state index is 7.03. The van der Waals surface area contributed by atoms with E-state index in [2.05, 4.69) is 228 Å². The summed E-state index contributed by atoms with van der Waals surface area (Å²) < 4.78 is 9.65. The van der Waals surface area contributed by atoms with Crippen molar-refractivity contribution in [3.05, 3.63) is 174 Å². The second-order valence-corrected chi connectivity index (χ2v) is 24.3. The molecular weight excluding hydrogens is 870 g/mol. The Morgan fingerprint density at radius 3 is 1.80 bits per heavy atom. The van der Waals surface area contributed by atoms with Crippen molar-refractivity contribution in [1.29, 1.82) is 0 Å². The number of thiophene rings is 1. The molecule has 1 fully saturated rings. The lowest BCUT2D eigenvalue weighted by Crippen LogP contribution is -2.62. The van der Waals surface area contributed by atoms with Gasteiger partial charge in [-0.15, -0.1) is 11.3 Å². The molecular formula is C64H58BN3OS. The average Bonchev–Trinajstić information content (AvgIpc) is 3.99. The Morgan fingerprint density at radius 2 is 1.09 bits per heavy atom. The van der Waals surface area contributed by atoms with Crippen molar-refractivity contribution >= 4 is 122 Å². The molecule has 0 amide bonds. The van der Waals surface area contributed by atoms with E-state index in [0.29, 0.717) is 0 Å². The zero-order valence-corrected chi connectivity index (χ0v) is 42.4. The minimum atomic E-state index is -0.141. The number of hydrogen-bond donors (Lipinski definition) is 0. The smallest absolute Gasteiger partial charge is 0.252 e. The molecule has 70 heavy (non-hydrogen) atoms. The summed E-state index contributed by atoms with van der Waals surface area (Å²) in [4.78, 5) is 8.04. The molecule has 0 radical (unpaired) electrons. The van der Waals surface area contributed by atoms with Gasteiger partial charge in [-0.3, -0.25) is 0 Å². The van der Waals surface area contributed by atoms with E-state index in [0.717, 1.165) is 34.0 Å². The molecule has 2 atom stereocenters. The Bertz CT molecular complexity index is 3640. The third kappa shape index (κ3) is 5.66. The molecule has 0 bridgehead atoms. The molecule has 3 aliphatic heterocycles. The van der Waals surface area contributed by atoms with Crippen LogP contribution in [0.3, 0.4) is 0 Å². The van der Waals surface area contributed by atoms with Crippen LogP contribution < -0.4 is 31.1 Å². The van der Waals surface area contributed by atoms with Gasteiger partial charge >= 0.3 is 0 Å². The second kappa shape index (κ2) is 14.4. The number of para-hydroxylation sites is 3. The van der Waals surface area contributed by atoms with E-state index in [-0.39, 0.29) is 28.5 Å². The van der Waals surface area contributed by atoms with E-state index in [1.54, 1.807) is 0 Å². The fourth-order valence-corrected chi connectivity index (χ4v) is 14.7. The Hall–Kier alpha value is -6.76. The molecule has 344 valence electrons. The van der Waals surface area contributed by atoms with Crippen molar-refractivity contribution in [2.75, 3.05) is 14.7 Å². The fraction of sp³-hybridized carbons (Fsp3) is 0.250. The predicted molar refractivity (Wildman–Crippen MR) is 301 cm³/mol. The van der Waals surface area contributed by atoms with Gasteiger partial charge < -0.3 is 19.1 Å². The van der Waals surface area contributed by atoms with Gasteiger partial charge in [0.2, 0.25) is 0 Å². The van der Waals surface area contributed by atoms with Crippen LogP contribution in [0.25, 0.3) is 42.1 Å². The highest BCUT2D eigenvalue weighted by atomic mass is 32.1. The lowest BCUT2D eigenvalue weighted by atomic mass is 9.33. The zero-order valence-electron chi connectivity index (χ0n) is 41.6. The summed E-state index contributed by atoms with van der Waals surface area (Å²) in [7, 11) is 0. The van der Waals surface area contributed by atoms with Gasteiger partial charge in [-0.1, -0.05) is 164 Å². The molecule has 0 saturated heterocycles. The molecule has 6 heteroatoms. The van der Waals surface area contributed by atoms with E-state index in [4.69, 9.17) is 4.42 Å². The van der Waals surface area contributed by atoms with Crippen molar-refractivity contribution in [2.45, 2.75) is 103 Å². The minimum absolute atomic E-state index is 0.00859. The highest BCUT2D eigenvalue weighted by Crippen LogP contribution is 2.62. The SMILES string of the molecule is CC(C)(C)c1ccc2c(c1)B1c3cc(C(C)(C)C)ccc3N(c3cccc4c3sc3ccccc34)c3cc(N4c5ccccc5C5(C)CCCCC45C)cc(c31)N2c1cccc2c1oc1ccccc12. The minimum Gasteiger partial charge on any atom is -0.454 e. The molecule has 14 rings (SSSR count). The van der Waals surface area contributed by atoms with E-state index in [1.807, 2.05) is 11.3 Å². The van der Waals surface area contributed by atoms with Crippen LogP contribution in [0.4, 0.5) is 45.5 Å². The Labute approximate surface area is 416 Å². The van der Waals surface area contributed by atoms with Gasteiger partial charge in [-0.05, 0) is 118 Å². The number of rotatable bonds is 3. The van der Waals surface area contributed by atoms with Crippen molar-refractivity contribution in [3.63, 3.8) is 0 Å².